The number of aromatic nitrogens is 1. The van der Waals surface area contributed by atoms with Gasteiger partial charge in [-0.1, -0.05) is 0 Å². The fraction of sp³-hybridized carbons (Fsp3) is 0.600. The van der Waals surface area contributed by atoms with Crippen LogP contribution >= 0.6 is 0 Å². The molecule has 0 saturated carbocycles. The Morgan fingerprint density at radius 2 is 2.30 bits per heavy atom. The first-order valence-electron chi connectivity index (χ1n) is 7.13. The van der Waals surface area contributed by atoms with Gasteiger partial charge in [0, 0.05) is 37.9 Å². The highest BCUT2D eigenvalue weighted by molar-refractivity contribution is 5.94. The zero-order chi connectivity index (χ0) is 14.7. The summed E-state index contributed by atoms with van der Waals surface area (Å²) in [4.78, 5) is 21.0. The SMILES string of the molecule is CNc1cc(C(=O)N(C)CC2CCCN2C)cc(C)n1. The lowest BCUT2D eigenvalue weighted by Gasteiger charge is -2.26. The van der Waals surface area contributed by atoms with Gasteiger partial charge in [0.05, 0.1) is 0 Å². The van der Waals surface area contributed by atoms with Crippen LogP contribution in [0.25, 0.3) is 0 Å². The molecule has 20 heavy (non-hydrogen) atoms. The van der Waals surface area contributed by atoms with Crippen LogP contribution in [0.2, 0.25) is 0 Å². The Morgan fingerprint density at radius 3 is 2.90 bits per heavy atom. The number of likely N-dealkylation sites (tertiary alicyclic amines) is 1. The number of nitrogens with one attached hydrogen (secondary N) is 1. The first-order valence-corrected chi connectivity index (χ1v) is 7.13. The van der Waals surface area contributed by atoms with Crippen LogP contribution in [0.1, 0.15) is 28.9 Å². The van der Waals surface area contributed by atoms with Crippen molar-refractivity contribution in [2.24, 2.45) is 0 Å². The molecule has 2 heterocycles. The maximum Gasteiger partial charge on any atom is 0.253 e. The van der Waals surface area contributed by atoms with Crippen molar-refractivity contribution >= 4 is 11.7 Å². The Hall–Kier alpha value is -1.62. The summed E-state index contributed by atoms with van der Waals surface area (Å²) in [6, 6.07) is 4.14. The number of anilines is 1. The van der Waals surface area contributed by atoms with Gasteiger partial charge < -0.3 is 15.1 Å². The molecule has 0 bridgehead atoms. The van der Waals surface area contributed by atoms with Crippen LogP contribution in [-0.2, 0) is 0 Å². The van der Waals surface area contributed by atoms with Crippen molar-refractivity contribution in [3.8, 4) is 0 Å². The number of hydrogen-bond donors (Lipinski definition) is 1. The van der Waals surface area contributed by atoms with Crippen LogP contribution in [0.3, 0.4) is 0 Å². The summed E-state index contributed by atoms with van der Waals surface area (Å²) in [5, 5.41) is 2.99. The molecule has 5 nitrogen and oxygen atoms in total. The van der Waals surface area contributed by atoms with Crippen LogP contribution in [0.5, 0.6) is 0 Å². The third-order valence-electron chi connectivity index (χ3n) is 3.96. The zero-order valence-electron chi connectivity index (χ0n) is 12.8. The van der Waals surface area contributed by atoms with E-state index in [4.69, 9.17) is 0 Å². The molecule has 1 fully saturated rings. The number of carbonyl (C=O) groups is 1. The third-order valence-corrected chi connectivity index (χ3v) is 3.96. The van der Waals surface area contributed by atoms with Crippen LogP contribution in [0.15, 0.2) is 12.1 Å². The number of nitrogens with zero attached hydrogens (tertiary/aromatic N) is 3. The van der Waals surface area contributed by atoms with Gasteiger partial charge in [-0.05, 0) is 45.5 Å². The van der Waals surface area contributed by atoms with Gasteiger partial charge in [0.15, 0.2) is 0 Å². The van der Waals surface area contributed by atoms with Crippen molar-refractivity contribution < 1.29 is 4.79 Å². The van der Waals surface area contributed by atoms with Crippen molar-refractivity contribution in [3.63, 3.8) is 0 Å². The molecule has 2 rings (SSSR count). The molecule has 1 aliphatic heterocycles. The summed E-state index contributed by atoms with van der Waals surface area (Å²) in [5.74, 6) is 0.798. The van der Waals surface area contributed by atoms with Gasteiger partial charge in [-0.25, -0.2) is 4.98 Å². The van der Waals surface area contributed by atoms with E-state index < -0.39 is 0 Å². The van der Waals surface area contributed by atoms with Gasteiger partial charge in [-0.15, -0.1) is 0 Å². The summed E-state index contributed by atoms with van der Waals surface area (Å²) < 4.78 is 0. The zero-order valence-corrected chi connectivity index (χ0v) is 12.8. The quantitative estimate of drug-likeness (QED) is 0.907. The molecular weight excluding hydrogens is 252 g/mol. The molecule has 1 saturated heterocycles. The van der Waals surface area contributed by atoms with E-state index in [0.29, 0.717) is 11.6 Å². The Labute approximate surface area is 121 Å². The number of amides is 1. The van der Waals surface area contributed by atoms with E-state index in [1.54, 1.807) is 0 Å². The van der Waals surface area contributed by atoms with E-state index in [-0.39, 0.29) is 5.91 Å². The molecule has 1 atom stereocenters. The fourth-order valence-corrected chi connectivity index (χ4v) is 2.75. The molecule has 1 aliphatic rings. The molecule has 110 valence electrons. The van der Waals surface area contributed by atoms with Crippen LogP contribution in [0.4, 0.5) is 5.82 Å². The van der Waals surface area contributed by atoms with Crippen LogP contribution in [-0.4, -0.2) is 61.0 Å². The molecule has 1 aromatic rings. The van der Waals surface area contributed by atoms with Crippen molar-refractivity contribution in [1.29, 1.82) is 0 Å². The van der Waals surface area contributed by atoms with E-state index in [2.05, 4.69) is 22.2 Å². The van der Waals surface area contributed by atoms with E-state index in [0.717, 1.165) is 24.6 Å². The lowest BCUT2D eigenvalue weighted by atomic mass is 10.1. The van der Waals surface area contributed by atoms with Crippen molar-refractivity contribution in [1.82, 2.24) is 14.8 Å². The molecule has 0 radical (unpaired) electrons. The Morgan fingerprint density at radius 1 is 1.55 bits per heavy atom. The molecule has 0 aliphatic carbocycles. The largest absolute Gasteiger partial charge is 0.373 e. The fourth-order valence-electron chi connectivity index (χ4n) is 2.75. The summed E-state index contributed by atoms with van der Waals surface area (Å²) in [6.45, 7) is 3.82. The van der Waals surface area contributed by atoms with Gasteiger partial charge in [-0.2, -0.15) is 0 Å². The lowest BCUT2D eigenvalue weighted by Crippen LogP contribution is -2.39. The van der Waals surface area contributed by atoms with E-state index in [1.807, 2.05) is 38.1 Å². The number of aryl methyl sites for hydroxylation is 1. The second-order valence-corrected chi connectivity index (χ2v) is 5.59. The lowest BCUT2D eigenvalue weighted by molar-refractivity contribution is 0.0761. The van der Waals surface area contributed by atoms with Gasteiger partial charge in [0.2, 0.25) is 0 Å². The average molecular weight is 276 g/mol. The topological polar surface area (TPSA) is 48.5 Å². The van der Waals surface area contributed by atoms with Crippen LogP contribution < -0.4 is 5.32 Å². The minimum Gasteiger partial charge on any atom is -0.373 e. The monoisotopic (exact) mass is 276 g/mol. The Kier molecular flexibility index (Phi) is 4.60. The number of likely N-dealkylation sites (N-methyl/N-ethyl adjacent to an activating group) is 2. The minimum atomic E-state index is 0.0623. The molecule has 5 heteroatoms. The van der Waals surface area contributed by atoms with Crippen molar-refractivity contribution in [3.05, 3.63) is 23.4 Å². The average Bonchev–Trinajstić information content (AvgIpc) is 2.82. The molecule has 0 aromatic carbocycles. The van der Waals surface area contributed by atoms with Crippen molar-refractivity contribution in [2.75, 3.05) is 39.5 Å². The number of pyridine rings is 1. The predicted molar refractivity (Wildman–Crippen MR) is 81.1 cm³/mol. The normalized spacial score (nSPS) is 19.1. The molecule has 1 aromatic heterocycles. The highest BCUT2D eigenvalue weighted by Gasteiger charge is 2.24. The number of hydrogen-bond acceptors (Lipinski definition) is 4. The number of rotatable bonds is 4. The molecule has 1 unspecified atom stereocenters. The maximum atomic E-state index is 12.5. The molecule has 1 amide bonds. The Bertz CT molecular complexity index is 489. The third kappa shape index (κ3) is 3.28. The summed E-state index contributed by atoms with van der Waals surface area (Å²) in [6.07, 6.45) is 2.40. The second kappa shape index (κ2) is 6.22. The number of carbonyl (C=O) groups excluding carboxylic acids is 1. The summed E-state index contributed by atoms with van der Waals surface area (Å²) in [5.41, 5.74) is 1.55. The van der Waals surface area contributed by atoms with Crippen LogP contribution in [0, 0.1) is 6.92 Å². The van der Waals surface area contributed by atoms with Gasteiger partial charge in [-0.3, -0.25) is 4.79 Å². The maximum absolute atomic E-state index is 12.5. The standard InChI is InChI=1S/C15H24N4O/c1-11-8-12(9-14(16-2)17-11)15(20)19(4)10-13-6-5-7-18(13)3/h8-9,13H,5-7,10H2,1-4H3,(H,16,17). The smallest absolute Gasteiger partial charge is 0.253 e. The summed E-state index contributed by atoms with van der Waals surface area (Å²) in [7, 11) is 5.82. The highest BCUT2D eigenvalue weighted by Crippen LogP contribution is 2.17. The van der Waals surface area contributed by atoms with E-state index in [9.17, 15) is 4.79 Å². The van der Waals surface area contributed by atoms with Gasteiger partial charge >= 0.3 is 0 Å². The molecular formula is C15H24N4O. The second-order valence-electron chi connectivity index (χ2n) is 5.59. The first kappa shape index (κ1) is 14.8. The Balaban J connectivity index is 2.08. The highest BCUT2D eigenvalue weighted by atomic mass is 16.2. The van der Waals surface area contributed by atoms with Gasteiger partial charge in [0.1, 0.15) is 5.82 Å². The molecule has 0 spiro atoms. The van der Waals surface area contributed by atoms with Gasteiger partial charge in [0.25, 0.3) is 5.91 Å². The van der Waals surface area contributed by atoms with E-state index in [1.165, 1.54) is 12.8 Å². The first-order chi connectivity index (χ1) is 9.51. The minimum absolute atomic E-state index is 0.0623. The van der Waals surface area contributed by atoms with Crippen molar-refractivity contribution in [2.45, 2.75) is 25.8 Å². The molecule has 1 N–H and O–H groups in total. The summed E-state index contributed by atoms with van der Waals surface area (Å²) >= 11 is 0. The van der Waals surface area contributed by atoms with E-state index >= 15 is 0 Å². The predicted octanol–water partition coefficient (Wildman–Crippen LogP) is 1.60.